The van der Waals surface area contributed by atoms with Gasteiger partial charge in [-0.15, -0.1) is 11.3 Å². The van der Waals surface area contributed by atoms with Gasteiger partial charge in [0.2, 0.25) is 11.8 Å². The van der Waals surface area contributed by atoms with E-state index in [-0.39, 0.29) is 23.9 Å². The van der Waals surface area contributed by atoms with Crippen molar-refractivity contribution in [2.75, 3.05) is 10.6 Å². The number of carbonyl (C=O) groups excluding carboxylic acids is 2. The highest BCUT2D eigenvalue weighted by Crippen LogP contribution is 2.25. The number of hydrogen-bond acceptors (Lipinski definition) is 4. The molecule has 0 saturated heterocycles. The summed E-state index contributed by atoms with van der Waals surface area (Å²) in [6.45, 7) is 3.31. The van der Waals surface area contributed by atoms with Crippen LogP contribution in [0.4, 0.5) is 15.8 Å². The average molecular weight is 383 g/mol. The Kier molecular flexibility index (Phi) is 5.61. The van der Waals surface area contributed by atoms with E-state index in [0.29, 0.717) is 11.4 Å². The molecule has 138 valence electrons. The Morgan fingerprint density at radius 3 is 2.70 bits per heavy atom. The van der Waals surface area contributed by atoms with Crippen molar-refractivity contribution < 1.29 is 14.0 Å². The van der Waals surface area contributed by atoms with Crippen LogP contribution in [0, 0.1) is 12.7 Å². The molecule has 0 aliphatic carbocycles. The summed E-state index contributed by atoms with van der Waals surface area (Å²) < 4.78 is 13.7. The molecule has 1 heterocycles. The van der Waals surface area contributed by atoms with E-state index in [4.69, 9.17) is 0 Å². The van der Waals surface area contributed by atoms with Crippen LogP contribution in [0.5, 0.6) is 0 Å². The number of hydrogen-bond donors (Lipinski definition) is 2. The highest BCUT2D eigenvalue weighted by atomic mass is 32.1. The van der Waals surface area contributed by atoms with Crippen molar-refractivity contribution in [1.82, 2.24) is 4.98 Å². The standard InChI is InChI=1S/C20H18FN3O2S/c1-12-4-3-5-14(8-12)20-24-16(11-27-20)10-19(26)23-15-6-7-17(21)18(9-15)22-13(2)25/h3-9,11H,10H2,1-2H3,(H,22,25)(H,23,26). The Morgan fingerprint density at radius 2 is 1.96 bits per heavy atom. The van der Waals surface area contributed by atoms with Gasteiger partial charge >= 0.3 is 0 Å². The molecule has 0 saturated carbocycles. The molecule has 1 aromatic heterocycles. The molecule has 0 aliphatic heterocycles. The van der Waals surface area contributed by atoms with Gasteiger partial charge in [0.05, 0.1) is 17.8 Å². The van der Waals surface area contributed by atoms with Gasteiger partial charge in [-0.25, -0.2) is 9.37 Å². The third kappa shape index (κ3) is 4.98. The van der Waals surface area contributed by atoms with Gasteiger partial charge < -0.3 is 10.6 Å². The largest absolute Gasteiger partial charge is 0.326 e. The molecule has 0 fully saturated rings. The molecule has 5 nitrogen and oxygen atoms in total. The number of thiazole rings is 1. The van der Waals surface area contributed by atoms with Gasteiger partial charge in [-0.05, 0) is 31.2 Å². The summed E-state index contributed by atoms with van der Waals surface area (Å²) in [5, 5.41) is 7.79. The van der Waals surface area contributed by atoms with Crippen LogP contribution in [0.15, 0.2) is 47.8 Å². The minimum absolute atomic E-state index is 0.0238. The highest BCUT2D eigenvalue weighted by molar-refractivity contribution is 7.13. The lowest BCUT2D eigenvalue weighted by molar-refractivity contribution is -0.116. The second kappa shape index (κ2) is 8.09. The molecule has 3 aromatic rings. The van der Waals surface area contributed by atoms with Crippen molar-refractivity contribution in [3.8, 4) is 10.6 Å². The molecule has 0 atom stereocenters. The SMILES string of the molecule is CC(=O)Nc1cc(NC(=O)Cc2csc(-c3cccc(C)c3)n2)ccc1F. The molecule has 0 aliphatic rings. The van der Waals surface area contributed by atoms with Gasteiger partial charge in [0.25, 0.3) is 0 Å². The first kappa shape index (κ1) is 18.7. The van der Waals surface area contributed by atoms with Crippen molar-refractivity contribution in [2.45, 2.75) is 20.3 Å². The molecule has 0 spiro atoms. The van der Waals surface area contributed by atoms with Gasteiger partial charge in [0.15, 0.2) is 0 Å². The maximum absolute atomic E-state index is 13.7. The zero-order valence-electron chi connectivity index (χ0n) is 14.9. The third-order valence-electron chi connectivity index (χ3n) is 3.72. The Bertz CT molecular complexity index is 1000. The predicted molar refractivity (Wildman–Crippen MR) is 105 cm³/mol. The fourth-order valence-electron chi connectivity index (χ4n) is 2.56. The summed E-state index contributed by atoms with van der Waals surface area (Å²) >= 11 is 1.48. The van der Waals surface area contributed by atoms with Gasteiger partial charge in [-0.3, -0.25) is 9.59 Å². The van der Waals surface area contributed by atoms with Crippen LogP contribution in [-0.2, 0) is 16.0 Å². The lowest BCUT2D eigenvalue weighted by Gasteiger charge is -2.08. The number of carbonyl (C=O) groups is 2. The van der Waals surface area contributed by atoms with Gasteiger partial charge in [-0.1, -0.05) is 23.8 Å². The summed E-state index contributed by atoms with van der Waals surface area (Å²) in [7, 11) is 0. The zero-order valence-corrected chi connectivity index (χ0v) is 15.7. The Hall–Kier alpha value is -3.06. The maximum atomic E-state index is 13.7. The number of aryl methyl sites for hydroxylation is 1. The minimum Gasteiger partial charge on any atom is -0.326 e. The van der Waals surface area contributed by atoms with Crippen LogP contribution in [0.1, 0.15) is 18.2 Å². The number of halogens is 1. The van der Waals surface area contributed by atoms with Crippen LogP contribution >= 0.6 is 11.3 Å². The fraction of sp³-hybridized carbons (Fsp3) is 0.150. The number of rotatable bonds is 5. The molecule has 2 aromatic carbocycles. The summed E-state index contributed by atoms with van der Waals surface area (Å²) in [5.41, 5.74) is 3.26. The molecule has 0 unspecified atom stereocenters. The normalized spacial score (nSPS) is 10.5. The first-order valence-electron chi connectivity index (χ1n) is 8.29. The van der Waals surface area contributed by atoms with Crippen molar-refractivity contribution in [3.05, 3.63) is 64.9 Å². The molecule has 27 heavy (non-hydrogen) atoms. The number of anilines is 2. The second-order valence-corrected chi connectivity index (χ2v) is 6.97. The van der Waals surface area contributed by atoms with Gasteiger partial charge in [0, 0.05) is 23.6 Å². The van der Waals surface area contributed by atoms with Gasteiger partial charge in [-0.2, -0.15) is 0 Å². The molecule has 2 amide bonds. The van der Waals surface area contributed by atoms with E-state index in [0.717, 1.165) is 16.1 Å². The number of aromatic nitrogens is 1. The van der Waals surface area contributed by atoms with E-state index in [1.807, 2.05) is 36.6 Å². The van der Waals surface area contributed by atoms with E-state index >= 15 is 0 Å². The Labute approximate surface area is 160 Å². The van der Waals surface area contributed by atoms with Gasteiger partial charge in [0.1, 0.15) is 10.8 Å². The number of benzene rings is 2. The van der Waals surface area contributed by atoms with Crippen molar-refractivity contribution in [3.63, 3.8) is 0 Å². The maximum Gasteiger partial charge on any atom is 0.230 e. The third-order valence-corrected chi connectivity index (χ3v) is 4.66. The van der Waals surface area contributed by atoms with Crippen LogP contribution in [0.3, 0.4) is 0 Å². The highest BCUT2D eigenvalue weighted by Gasteiger charge is 2.11. The zero-order chi connectivity index (χ0) is 19.4. The van der Waals surface area contributed by atoms with Crippen LogP contribution in [-0.4, -0.2) is 16.8 Å². The summed E-state index contributed by atoms with van der Waals surface area (Å²) in [4.78, 5) is 27.9. The minimum atomic E-state index is -0.564. The van der Waals surface area contributed by atoms with Crippen molar-refractivity contribution >= 4 is 34.5 Å². The van der Waals surface area contributed by atoms with E-state index in [1.165, 1.54) is 36.5 Å². The topological polar surface area (TPSA) is 71.1 Å². The van der Waals surface area contributed by atoms with E-state index in [9.17, 15) is 14.0 Å². The summed E-state index contributed by atoms with van der Waals surface area (Å²) in [5.74, 6) is -1.22. The lowest BCUT2D eigenvalue weighted by Crippen LogP contribution is -2.15. The predicted octanol–water partition coefficient (Wildman–Crippen LogP) is 4.40. The molecule has 2 N–H and O–H groups in total. The van der Waals surface area contributed by atoms with E-state index in [1.54, 1.807) is 0 Å². The molecular weight excluding hydrogens is 365 g/mol. The van der Waals surface area contributed by atoms with Crippen LogP contribution in [0.25, 0.3) is 10.6 Å². The fourth-order valence-corrected chi connectivity index (χ4v) is 3.37. The first-order valence-corrected chi connectivity index (χ1v) is 9.17. The molecular formula is C20H18FN3O2S. The van der Waals surface area contributed by atoms with Crippen LogP contribution in [0.2, 0.25) is 0 Å². The van der Waals surface area contributed by atoms with E-state index in [2.05, 4.69) is 15.6 Å². The second-order valence-electron chi connectivity index (χ2n) is 6.11. The summed E-state index contributed by atoms with van der Waals surface area (Å²) in [6, 6.07) is 12.0. The number of nitrogens with one attached hydrogen (secondary N) is 2. The first-order chi connectivity index (χ1) is 12.9. The quantitative estimate of drug-likeness (QED) is 0.686. The molecule has 7 heteroatoms. The number of nitrogens with zero attached hydrogens (tertiary/aromatic N) is 1. The van der Waals surface area contributed by atoms with E-state index < -0.39 is 5.82 Å². The smallest absolute Gasteiger partial charge is 0.230 e. The number of amides is 2. The molecule has 0 radical (unpaired) electrons. The summed E-state index contributed by atoms with van der Waals surface area (Å²) in [6.07, 6.45) is 0.106. The monoisotopic (exact) mass is 383 g/mol. The molecule has 0 bridgehead atoms. The molecule has 3 rings (SSSR count). The van der Waals surface area contributed by atoms with Crippen molar-refractivity contribution in [1.29, 1.82) is 0 Å². The lowest BCUT2D eigenvalue weighted by atomic mass is 10.1. The Morgan fingerprint density at radius 1 is 1.15 bits per heavy atom. The van der Waals surface area contributed by atoms with Crippen molar-refractivity contribution in [2.24, 2.45) is 0 Å². The Balaban J connectivity index is 1.67. The average Bonchev–Trinajstić information content (AvgIpc) is 3.06. The van der Waals surface area contributed by atoms with Crippen LogP contribution < -0.4 is 10.6 Å².